The lowest BCUT2D eigenvalue weighted by atomic mass is 9.86. The molecule has 1 aliphatic rings. The number of nitrogens with one attached hydrogen (secondary N) is 3. The van der Waals surface area contributed by atoms with Crippen LogP contribution in [0.3, 0.4) is 0 Å². The minimum absolute atomic E-state index is 0.0345. The summed E-state index contributed by atoms with van der Waals surface area (Å²) in [4.78, 5) is 27.0. The third kappa shape index (κ3) is 6.38. The number of aryl methyl sites for hydroxylation is 1. The highest BCUT2D eigenvalue weighted by Gasteiger charge is 2.35. The molecule has 0 saturated carbocycles. The Balaban J connectivity index is 1.59. The van der Waals surface area contributed by atoms with Gasteiger partial charge in [0.25, 0.3) is 5.91 Å². The number of anilines is 2. The van der Waals surface area contributed by atoms with Crippen molar-refractivity contribution in [3.8, 4) is 6.07 Å². The number of amides is 2. The van der Waals surface area contributed by atoms with Gasteiger partial charge in [0, 0.05) is 37.6 Å². The van der Waals surface area contributed by atoms with Crippen LogP contribution in [0.5, 0.6) is 0 Å². The van der Waals surface area contributed by atoms with E-state index in [2.05, 4.69) is 22.0 Å². The zero-order valence-electron chi connectivity index (χ0n) is 19.9. The van der Waals surface area contributed by atoms with Crippen LogP contribution in [0.1, 0.15) is 23.3 Å². The Morgan fingerprint density at radius 2 is 1.81 bits per heavy atom. The summed E-state index contributed by atoms with van der Waals surface area (Å²) in [5, 5.41) is 22.4. The summed E-state index contributed by atoms with van der Waals surface area (Å²) in [6.45, 7) is 3.72. The number of hydrogen-bond acceptors (Lipinski definition) is 6. The lowest BCUT2D eigenvalue weighted by Crippen LogP contribution is -2.31. The standard InChI is InChI=1S/C27H22Cl2N4O2S2/c1-15-6-3-4-7-21(15)33-26(35)24-16(2)31-27(20(13-30)25(24)22-8-5-9-36-22)37-14-23(34)32-19-11-17(28)10-18(29)12-19/h3-12,25,31H,14H2,1-2H3,(H,32,34)(H,33,35)/t25-/m1/s1. The van der Waals surface area contributed by atoms with Gasteiger partial charge < -0.3 is 16.0 Å². The van der Waals surface area contributed by atoms with Crippen molar-refractivity contribution in [2.24, 2.45) is 0 Å². The number of thiophene rings is 1. The number of allylic oxidation sites excluding steroid dienone is 2. The number of nitrogens with zero attached hydrogens (tertiary/aromatic N) is 1. The van der Waals surface area contributed by atoms with E-state index in [-0.39, 0.29) is 17.6 Å². The maximum Gasteiger partial charge on any atom is 0.254 e. The van der Waals surface area contributed by atoms with E-state index < -0.39 is 5.92 Å². The van der Waals surface area contributed by atoms with Crippen molar-refractivity contribution >= 4 is 69.5 Å². The molecule has 2 amide bonds. The van der Waals surface area contributed by atoms with E-state index in [1.54, 1.807) is 25.1 Å². The summed E-state index contributed by atoms with van der Waals surface area (Å²) in [5.41, 5.74) is 3.59. The minimum atomic E-state index is -0.562. The first-order valence-electron chi connectivity index (χ1n) is 11.2. The van der Waals surface area contributed by atoms with Gasteiger partial charge in [-0.25, -0.2) is 0 Å². The number of dihydropyridines is 1. The molecule has 1 atom stereocenters. The Labute approximate surface area is 233 Å². The number of hydrogen-bond donors (Lipinski definition) is 3. The van der Waals surface area contributed by atoms with Gasteiger partial charge in [-0.2, -0.15) is 5.26 Å². The number of carbonyl (C=O) groups is 2. The summed E-state index contributed by atoms with van der Waals surface area (Å²) in [7, 11) is 0. The molecule has 0 radical (unpaired) electrons. The van der Waals surface area contributed by atoms with Gasteiger partial charge in [-0.15, -0.1) is 11.3 Å². The molecule has 0 aliphatic carbocycles. The third-order valence-electron chi connectivity index (χ3n) is 5.61. The van der Waals surface area contributed by atoms with Gasteiger partial charge in [0.2, 0.25) is 5.91 Å². The van der Waals surface area contributed by atoms with Crippen molar-refractivity contribution in [3.05, 3.63) is 102 Å². The van der Waals surface area contributed by atoms with E-state index in [1.165, 1.54) is 23.1 Å². The summed E-state index contributed by atoms with van der Waals surface area (Å²) in [6.07, 6.45) is 0. The topological polar surface area (TPSA) is 94.0 Å². The fourth-order valence-electron chi connectivity index (χ4n) is 3.93. The zero-order valence-corrected chi connectivity index (χ0v) is 23.0. The fraction of sp³-hybridized carbons (Fsp3) is 0.148. The van der Waals surface area contributed by atoms with Crippen LogP contribution in [-0.4, -0.2) is 17.6 Å². The average Bonchev–Trinajstić information content (AvgIpc) is 3.37. The number of nitriles is 1. The van der Waals surface area contributed by atoms with Crippen LogP contribution in [0.15, 0.2) is 81.8 Å². The molecule has 0 spiro atoms. The Hall–Kier alpha value is -3.22. The smallest absolute Gasteiger partial charge is 0.254 e. The van der Waals surface area contributed by atoms with Crippen molar-refractivity contribution in [3.63, 3.8) is 0 Å². The maximum atomic E-state index is 13.5. The minimum Gasteiger partial charge on any atom is -0.353 e. The Bertz CT molecular complexity index is 1440. The molecule has 3 N–H and O–H groups in total. The van der Waals surface area contributed by atoms with E-state index in [9.17, 15) is 14.9 Å². The predicted molar refractivity (Wildman–Crippen MR) is 153 cm³/mol. The van der Waals surface area contributed by atoms with E-state index in [4.69, 9.17) is 23.2 Å². The molecule has 0 bridgehead atoms. The molecule has 2 aromatic carbocycles. The highest BCUT2D eigenvalue weighted by molar-refractivity contribution is 8.03. The Morgan fingerprint density at radius 1 is 1.08 bits per heavy atom. The van der Waals surface area contributed by atoms with E-state index >= 15 is 0 Å². The van der Waals surface area contributed by atoms with E-state index in [0.717, 1.165) is 10.4 Å². The first kappa shape index (κ1) is 26.8. The first-order valence-corrected chi connectivity index (χ1v) is 13.8. The van der Waals surface area contributed by atoms with Gasteiger partial charge >= 0.3 is 0 Å². The molecule has 0 unspecified atom stereocenters. The second-order valence-corrected chi connectivity index (χ2v) is 11.1. The zero-order chi connectivity index (χ0) is 26.5. The molecule has 10 heteroatoms. The van der Waals surface area contributed by atoms with E-state index in [0.29, 0.717) is 43.3 Å². The Morgan fingerprint density at radius 3 is 2.46 bits per heavy atom. The molecule has 0 saturated heterocycles. The number of para-hydroxylation sites is 1. The highest BCUT2D eigenvalue weighted by atomic mass is 35.5. The molecular weight excluding hydrogens is 547 g/mol. The van der Waals surface area contributed by atoms with Gasteiger partial charge in [0.05, 0.1) is 28.3 Å². The number of carbonyl (C=O) groups excluding carboxylic acids is 2. The van der Waals surface area contributed by atoms with Gasteiger partial charge in [-0.1, -0.05) is 59.2 Å². The maximum absolute atomic E-state index is 13.5. The molecule has 3 aromatic rings. The van der Waals surface area contributed by atoms with Crippen molar-refractivity contribution in [2.45, 2.75) is 19.8 Å². The van der Waals surface area contributed by atoms with Crippen LogP contribution in [0.25, 0.3) is 0 Å². The van der Waals surface area contributed by atoms with Crippen LogP contribution in [0.4, 0.5) is 11.4 Å². The van der Waals surface area contributed by atoms with Gasteiger partial charge in [-0.05, 0) is 55.1 Å². The van der Waals surface area contributed by atoms with E-state index in [1.807, 2.05) is 48.7 Å². The van der Waals surface area contributed by atoms with Gasteiger partial charge in [0.15, 0.2) is 0 Å². The van der Waals surface area contributed by atoms with Crippen molar-refractivity contribution in [2.75, 3.05) is 16.4 Å². The normalized spacial score (nSPS) is 15.2. The van der Waals surface area contributed by atoms with Crippen LogP contribution >= 0.6 is 46.3 Å². The molecule has 1 aliphatic heterocycles. The lowest BCUT2D eigenvalue weighted by Gasteiger charge is -2.29. The van der Waals surface area contributed by atoms with Crippen LogP contribution in [0.2, 0.25) is 10.0 Å². The second-order valence-electron chi connectivity index (χ2n) is 8.23. The first-order chi connectivity index (χ1) is 17.8. The average molecular weight is 570 g/mol. The van der Waals surface area contributed by atoms with Crippen LogP contribution in [0, 0.1) is 18.3 Å². The lowest BCUT2D eigenvalue weighted by molar-refractivity contribution is -0.114. The fourth-order valence-corrected chi connectivity index (χ4v) is 6.19. The van der Waals surface area contributed by atoms with Crippen LogP contribution < -0.4 is 16.0 Å². The SMILES string of the molecule is CC1=C(C(=O)Nc2ccccc2C)[C@@H](c2cccs2)C(C#N)=C(SCC(=O)Nc2cc(Cl)cc(Cl)c2)N1. The monoisotopic (exact) mass is 568 g/mol. The van der Waals surface area contributed by atoms with Crippen LogP contribution in [-0.2, 0) is 9.59 Å². The molecule has 188 valence electrons. The quantitative estimate of drug-likeness (QED) is 0.283. The predicted octanol–water partition coefficient (Wildman–Crippen LogP) is 7.07. The summed E-state index contributed by atoms with van der Waals surface area (Å²) in [5.74, 6) is -1.10. The molecule has 4 rings (SSSR count). The van der Waals surface area contributed by atoms with Crippen molar-refractivity contribution in [1.82, 2.24) is 5.32 Å². The Kier molecular flexibility index (Phi) is 8.62. The van der Waals surface area contributed by atoms with Gasteiger partial charge in [0.1, 0.15) is 0 Å². The third-order valence-corrected chi connectivity index (χ3v) is 8.00. The largest absolute Gasteiger partial charge is 0.353 e. The van der Waals surface area contributed by atoms with Crippen molar-refractivity contribution < 1.29 is 9.59 Å². The summed E-state index contributed by atoms with van der Waals surface area (Å²) >= 11 is 14.7. The van der Waals surface area contributed by atoms with Gasteiger partial charge in [-0.3, -0.25) is 9.59 Å². The number of thioether (sulfide) groups is 1. The van der Waals surface area contributed by atoms with Crippen molar-refractivity contribution in [1.29, 1.82) is 5.26 Å². The molecule has 6 nitrogen and oxygen atoms in total. The molecule has 1 aromatic heterocycles. The number of halogens is 2. The summed E-state index contributed by atoms with van der Waals surface area (Å²) in [6, 6.07) is 18.4. The second kappa shape index (κ2) is 11.9. The highest BCUT2D eigenvalue weighted by Crippen LogP contribution is 2.42. The number of rotatable bonds is 7. The number of benzene rings is 2. The molecule has 37 heavy (non-hydrogen) atoms. The molecule has 0 fully saturated rings. The summed E-state index contributed by atoms with van der Waals surface area (Å²) < 4.78 is 0. The molecule has 2 heterocycles. The molecular formula is C27H22Cl2N4O2S2.